The van der Waals surface area contributed by atoms with Gasteiger partial charge in [-0.2, -0.15) is 6.20 Å². The van der Waals surface area contributed by atoms with Crippen molar-refractivity contribution in [1.82, 2.24) is 0 Å². The minimum atomic E-state index is -0.0465. The van der Waals surface area contributed by atoms with Crippen molar-refractivity contribution in [3.05, 3.63) is 98.4 Å². The Balaban J connectivity index is 0.000000224. The Bertz CT molecular complexity index is 1480. The molecule has 5 saturated heterocycles. The van der Waals surface area contributed by atoms with E-state index in [-0.39, 0.29) is 73.2 Å². The SMILES string of the molecule is C(=CC1CC[N-]CC1)C1CC[N-]CC1.C(=CC1CC[N-]CC1)C1CC[N-]CC1.C1=CC(C=CC2CC[N-]CC2)=CC[N-]1.C1CCC([PH+](C2CCCCC2)C2CCCCC2)CC1.C1CCC([PH+](C2CCCCC2)C2CCCCC2)CC1.[Cu+2].[Cu+].[Cu+].[NH2-]. The normalized spacial score (nSPS) is 26.0. The summed E-state index contributed by atoms with van der Waals surface area (Å²) in [6.07, 6.45) is 80.6. The summed E-state index contributed by atoms with van der Waals surface area (Å²) < 4.78 is 0. The molecule has 0 atom stereocenters. The average molecular weight is 1340 g/mol. The van der Waals surface area contributed by atoms with Crippen LogP contribution < -0.4 is 0 Å². The average Bonchev–Trinajstić information content (AvgIpc) is 3.56. The van der Waals surface area contributed by atoms with Crippen LogP contribution in [0.15, 0.2) is 60.4 Å². The van der Waals surface area contributed by atoms with Crippen molar-refractivity contribution >= 4 is 15.8 Å². The molecule has 7 nitrogen and oxygen atoms in total. The molecule has 6 saturated carbocycles. The third-order valence-electron chi connectivity index (χ3n) is 21.7. The van der Waals surface area contributed by atoms with Gasteiger partial charge in [0, 0.05) is 15.8 Å². The predicted molar refractivity (Wildman–Crippen MR) is 365 cm³/mol. The molecular weight excluding hydrogens is 1220 g/mol. The van der Waals surface area contributed by atoms with E-state index in [0.29, 0.717) is 0 Å². The summed E-state index contributed by atoms with van der Waals surface area (Å²) in [5.41, 5.74) is 8.65. The molecule has 12 rings (SSSR count). The Morgan fingerprint density at radius 2 is 0.512 bits per heavy atom. The van der Waals surface area contributed by atoms with Crippen LogP contribution in [0.4, 0.5) is 0 Å². The van der Waals surface area contributed by atoms with Crippen molar-refractivity contribution in [3.63, 3.8) is 0 Å². The van der Waals surface area contributed by atoms with Gasteiger partial charge < -0.3 is 38.1 Å². The first-order chi connectivity index (χ1) is 39.7. The molecule has 0 aromatic heterocycles. The summed E-state index contributed by atoms with van der Waals surface area (Å²) >= 11 is 0. The first kappa shape index (κ1) is 77.1. The maximum absolute atomic E-state index is 4.37. The Morgan fingerprint density at radius 3 is 0.714 bits per heavy atom. The first-order valence-electron chi connectivity index (χ1n) is 35.7. The van der Waals surface area contributed by atoms with Gasteiger partial charge >= 0.3 is 51.2 Å². The molecule has 0 amide bonds. The summed E-state index contributed by atoms with van der Waals surface area (Å²) in [5.74, 6) is 3.98. The second-order valence-electron chi connectivity index (χ2n) is 27.6. The molecule has 84 heavy (non-hydrogen) atoms. The molecule has 493 valence electrons. The fourth-order valence-electron chi connectivity index (χ4n) is 16.9. The zero-order valence-corrected chi connectivity index (χ0v) is 58.1. The van der Waals surface area contributed by atoms with Gasteiger partial charge in [0.15, 0.2) is 0 Å². The van der Waals surface area contributed by atoms with Gasteiger partial charge in [0.1, 0.15) is 0 Å². The summed E-state index contributed by atoms with van der Waals surface area (Å²) in [5, 5.41) is 26.0. The molecule has 1 radical (unpaired) electrons. The number of rotatable bonds is 12. The second kappa shape index (κ2) is 48.4. The molecule has 0 unspecified atom stereocenters. The number of nitrogens with two attached hydrogens (primary N) is 1. The van der Waals surface area contributed by atoms with Crippen LogP contribution in [0.25, 0.3) is 38.1 Å². The van der Waals surface area contributed by atoms with Gasteiger partial charge in [-0.15, -0.1) is 72.0 Å². The van der Waals surface area contributed by atoms with Gasteiger partial charge in [-0.3, -0.25) is 0 Å². The van der Waals surface area contributed by atoms with Crippen molar-refractivity contribution in [1.29, 1.82) is 0 Å². The van der Waals surface area contributed by atoms with Crippen LogP contribution in [0.5, 0.6) is 0 Å². The molecule has 2 N–H and O–H groups in total. The second-order valence-corrected chi connectivity index (χ2v) is 34.5. The van der Waals surface area contributed by atoms with Gasteiger partial charge in [0.05, 0.1) is 34.0 Å². The van der Waals surface area contributed by atoms with E-state index in [1.54, 1.807) is 193 Å². The minimum Gasteiger partial charge on any atom is -0.693 e. The van der Waals surface area contributed by atoms with Crippen molar-refractivity contribution < 1.29 is 51.2 Å². The number of hydrogen-bond donors (Lipinski definition) is 0. The van der Waals surface area contributed by atoms with Gasteiger partial charge in [0.25, 0.3) is 0 Å². The van der Waals surface area contributed by atoms with E-state index in [2.05, 4.69) is 80.5 Å². The molecule has 6 heterocycles. The Morgan fingerprint density at radius 1 is 0.298 bits per heavy atom. The molecule has 6 aliphatic carbocycles. The number of hydrogen-bond acceptors (Lipinski definition) is 0. The fourth-order valence-corrected chi connectivity index (χ4v) is 27.3. The standard InChI is InChI=1S/2C18H33P.2C12H20N2.C12H16N2.3Cu.H2N/c2*1-4-10-16(11-5-1)19(17-12-6-2-7-13-17)18-14-8-3-9-15-18;3*1(11-3-7-13-8-4-11)2-12-5-9-14-10-6-12;;;;/h2*16-18H,1-15H2;2*1-2,11-12H,3-10H2;1-4,7,12H,5-6,8-10H2;;;;1H2/q;;3*-2;2*+1;+2;-1/p+2. The maximum atomic E-state index is 4.37. The summed E-state index contributed by atoms with van der Waals surface area (Å²) in [6.45, 7) is 11.5. The summed E-state index contributed by atoms with van der Waals surface area (Å²) in [4.78, 5) is 0. The monoisotopic (exact) mass is 1340 g/mol. The van der Waals surface area contributed by atoms with E-state index in [1.807, 2.05) is 6.20 Å². The zero-order chi connectivity index (χ0) is 54.8. The molecule has 11 fully saturated rings. The van der Waals surface area contributed by atoms with E-state index in [4.69, 9.17) is 0 Å². The largest absolute Gasteiger partial charge is 2.00 e. The van der Waals surface area contributed by atoms with Gasteiger partial charge in [-0.05, 0) is 189 Å². The van der Waals surface area contributed by atoms with Crippen molar-refractivity contribution in [2.24, 2.45) is 29.6 Å². The summed E-state index contributed by atoms with van der Waals surface area (Å²) in [7, 11) is -0.0930. The molecular formula is C72H126Cu3N7P2-. The van der Waals surface area contributed by atoms with Crippen molar-refractivity contribution in [3.8, 4) is 0 Å². The number of piperidine rings is 5. The van der Waals surface area contributed by atoms with Crippen molar-refractivity contribution in [2.45, 2.75) is 291 Å². The van der Waals surface area contributed by atoms with Crippen LogP contribution in [0.1, 0.15) is 257 Å². The van der Waals surface area contributed by atoms with E-state index in [9.17, 15) is 0 Å². The van der Waals surface area contributed by atoms with E-state index >= 15 is 0 Å². The van der Waals surface area contributed by atoms with Crippen LogP contribution in [0, 0.1) is 29.6 Å². The minimum absolute atomic E-state index is 0. The van der Waals surface area contributed by atoms with E-state index in [0.717, 1.165) is 102 Å². The Labute approximate surface area is 553 Å². The van der Waals surface area contributed by atoms with Crippen LogP contribution in [-0.2, 0) is 51.2 Å². The Hall–Kier alpha value is 0.678. The molecule has 0 aromatic carbocycles. The van der Waals surface area contributed by atoms with E-state index < -0.39 is 0 Å². The predicted octanol–water partition coefficient (Wildman–Crippen LogP) is 22.5. The fraction of sp³-hybridized carbons (Fsp3) is 0.861. The van der Waals surface area contributed by atoms with Gasteiger partial charge in [-0.1, -0.05) is 151 Å². The molecule has 12 aliphatic rings. The van der Waals surface area contributed by atoms with Gasteiger partial charge in [0.2, 0.25) is 0 Å². The molecule has 0 spiro atoms. The number of nitrogens with zero attached hydrogens (tertiary/aromatic N) is 6. The number of allylic oxidation sites excluding steroid dienone is 8. The quantitative estimate of drug-likeness (QED) is 0.105. The van der Waals surface area contributed by atoms with Crippen LogP contribution in [-0.4, -0.2) is 106 Å². The Kier molecular flexibility index (Phi) is 44.5. The molecule has 12 heteroatoms. The first-order valence-corrected chi connectivity index (χ1v) is 39.2. The smallest absolute Gasteiger partial charge is 0.693 e. The molecule has 0 bridgehead atoms. The summed E-state index contributed by atoms with van der Waals surface area (Å²) in [6, 6.07) is 0. The topological polar surface area (TPSA) is 118 Å². The molecule has 0 aromatic rings. The van der Waals surface area contributed by atoms with Gasteiger partial charge in [-0.25, -0.2) is 0 Å². The zero-order valence-electron chi connectivity index (χ0n) is 53.3. The molecule has 6 aliphatic heterocycles. The maximum Gasteiger partial charge on any atom is 2.00 e. The van der Waals surface area contributed by atoms with Crippen LogP contribution >= 0.6 is 15.8 Å². The third-order valence-corrected chi connectivity index (χ3v) is 30.8. The van der Waals surface area contributed by atoms with Crippen molar-refractivity contribution in [2.75, 3.05) is 72.0 Å². The van der Waals surface area contributed by atoms with Crippen LogP contribution in [0.2, 0.25) is 0 Å². The van der Waals surface area contributed by atoms with Crippen LogP contribution in [0.3, 0.4) is 0 Å². The van der Waals surface area contributed by atoms with E-state index in [1.165, 1.54) is 104 Å². The third kappa shape index (κ3) is 30.0.